The van der Waals surface area contributed by atoms with E-state index in [0.717, 1.165) is 5.56 Å². The van der Waals surface area contributed by atoms with Gasteiger partial charge in [-0.15, -0.1) is 0 Å². The first-order chi connectivity index (χ1) is 11.6. The highest BCUT2D eigenvalue weighted by atomic mass is 35.5. The number of rotatable bonds is 4. The Hall–Kier alpha value is -2.79. The molecule has 0 radical (unpaired) electrons. The number of hydrogen-bond donors (Lipinski definition) is 0. The average molecular weight is 345 g/mol. The van der Waals surface area contributed by atoms with E-state index in [-0.39, 0.29) is 18.1 Å². The number of benzene rings is 2. The first kappa shape index (κ1) is 16.1. The summed E-state index contributed by atoms with van der Waals surface area (Å²) in [6, 6.07) is 11.8. The van der Waals surface area contributed by atoms with Crippen LogP contribution in [0, 0.1) is 0 Å². The van der Waals surface area contributed by atoms with Crippen LogP contribution in [0.1, 0.15) is 15.9 Å². The van der Waals surface area contributed by atoms with Crippen LogP contribution in [-0.4, -0.2) is 25.5 Å². The number of halogens is 1. The van der Waals surface area contributed by atoms with Crippen molar-refractivity contribution in [3.05, 3.63) is 64.4 Å². The number of ketones is 1. The van der Waals surface area contributed by atoms with Crippen LogP contribution in [0.4, 0.5) is 0 Å². The van der Waals surface area contributed by atoms with Gasteiger partial charge in [0.25, 0.3) is 0 Å². The standard InChI is InChI=1S/C18H13ClO5/c1-22-17(20)10-23-13-6-7-14-15(9-13)24-16(18(14)21)8-11-2-4-12(19)5-3-11/h2-9H,10H2,1H3. The third-order valence-electron chi connectivity index (χ3n) is 3.39. The Kier molecular flexibility index (Phi) is 4.53. The fourth-order valence-corrected chi connectivity index (χ4v) is 2.29. The number of ether oxygens (including phenoxy) is 3. The Morgan fingerprint density at radius 3 is 2.67 bits per heavy atom. The Bertz CT molecular complexity index is 824. The Morgan fingerprint density at radius 2 is 1.96 bits per heavy atom. The zero-order chi connectivity index (χ0) is 17.1. The van der Waals surface area contributed by atoms with Crippen molar-refractivity contribution in [2.45, 2.75) is 0 Å². The molecule has 5 nitrogen and oxygen atoms in total. The number of carbonyl (C=O) groups is 2. The van der Waals surface area contributed by atoms with Gasteiger partial charge in [-0.2, -0.15) is 0 Å². The van der Waals surface area contributed by atoms with Crippen LogP contribution in [0.3, 0.4) is 0 Å². The Balaban J connectivity index is 1.79. The van der Waals surface area contributed by atoms with Crippen molar-refractivity contribution >= 4 is 29.4 Å². The van der Waals surface area contributed by atoms with Crippen molar-refractivity contribution in [2.75, 3.05) is 13.7 Å². The molecule has 1 aliphatic heterocycles. The van der Waals surface area contributed by atoms with Gasteiger partial charge < -0.3 is 14.2 Å². The van der Waals surface area contributed by atoms with Crippen LogP contribution in [0.15, 0.2) is 48.2 Å². The highest BCUT2D eigenvalue weighted by Crippen LogP contribution is 2.34. The fraction of sp³-hybridized carbons (Fsp3) is 0.111. The average Bonchev–Trinajstić information content (AvgIpc) is 2.90. The van der Waals surface area contributed by atoms with Gasteiger partial charge in [-0.25, -0.2) is 4.79 Å². The first-order valence-electron chi connectivity index (χ1n) is 7.10. The molecule has 122 valence electrons. The summed E-state index contributed by atoms with van der Waals surface area (Å²) in [6.07, 6.45) is 1.65. The predicted octanol–water partition coefficient (Wildman–Crippen LogP) is 3.51. The molecule has 0 aromatic heterocycles. The minimum absolute atomic E-state index is 0.209. The molecular formula is C18H13ClO5. The second-order valence-electron chi connectivity index (χ2n) is 5.01. The molecule has 0 aliphatic carbocycles. The fourth-order valence-electron chi connectivity index (χ4n) is 2.17. The molecular weight excluding hydrogens is 332 g/mol. The van der Waals surface area contributed by atoms with E-state index in [1.54, 1.807) is 48.5 Å². The van der Waals surface area contributed by atoms with Crippen LogP contribution >= 0.6 is 11.6 Å². The molecule has 0 bridgehead atoms. The molecule has 0 N–H and O–H groups in total. The van der Waals surface area contributed by atoms with E-state index in [1.807, 2.05) is 0 Å². The van der Waals surface area contributed by atoms with E-state index in [0.29, 0.717) is 22.1 Å². The number of Topliss-reactive ketones (excluding diaryl/α,β-unsaturated/α-hetero) is 1. The first-order valence-corrected chi connectivity index (χ1v) is 7.48. The molecule has 0 amide bonds. The van der Waals surface area contributed by atoms with Crippen molar-refractivity contribution in [1.82, 2.24) is 0 Å². The second-order valence-corrected chi connectivity index (χ2v) is 5.45. The molecule has 24 heavy (non-hydrogen) atoms. The summed E-state index contributed by atoms with van der Waals surface area (Å²) in [5.41, 5.74) is 1.25. The van der Waals surface area contributed by atoms with Crippen molar-refractivity contribution in [3.63, 3.8) is 0 Å². The van der Waals surface area contributed by atoms with Crippen LogP contribution < -0.4 is 9.47 Å². The molecule has 0 fully saturated rings. The van der Waals surface area contributed by atoms with Gasteiger partial charge in [0.15, 0.2) is 12.4 Å². The highest BCUT2D eigenvalue weighted by molar-refractivity contribution is 6.30. The van der Waals surface area contributed by atoms with E-state index in [9.17, 15) is 9.59 Å². The summed E-state index contributed by atoms with van der Waals surface area (Å²) in [5, 5.41) is 0.617. The molecule has 0 unspecified atom stereocenters. The van der Waals surface area contributed by atoms with Gasteiger partial charge in [0, 0.05) is 11.1 Å². The molecule has 0 saturated carbocycles. The number of esters is 1. The molecule has 0 spiro atoms. The van der Waals surface area contributed by atoms with Crippen LogP contribution in [-0.2, 0) is 9.53 Å². The molecule has 1 heterocycles. The second kappa shape index (κ2) is 6.76. The Labute approximate surface area is 143 Å². The highest BCUT2D eigenvalue weighted by Gasteiger charge is 2.27. The summed E-state index contributed by atoms with van der Waals surface area (Å²) in [4.78, 5) is 23.5. The molecule has 2 aromatic carbocycles. The quantitative estimate of drug-likeness (QED) is 0.627. The molecule has 3 rings (SSSR count). The van der Waals surface area contributed by atoms with Crippen LogP contribution in [0.5, 0.6) is 11.5 Å². The third-order valence-corrected chi connectivity index (χ3v) is 3.65. The Morgan fingerprint density at radius 1 is 1.21 bits per heavy atom. The maximum absolute atomic E-state index is 12.4. The number of hydrogen-bond acceptors (Lipinski definition) is 5. The molecule has 0 atom stereocenters. The lowest BCUT2D eigenvalue weighted by Crippen LogP contribution is -2.12. The van der Waals surface area contributed by atoms with E-state index >= 15 is 0 Å². The van der Waals surface area contributed by atoms with Gasteiger partial charge in [0.2, 0.25) is 5.78 Å². The minimum Gasteiger partial charge on any atom is -0.482 e. The lowest BCUT2D eigenvalue weighted by Gasteiger charge is -2.05. The van der Waals surface area contributed by atoms with E-state index in [1.165, 1.54) is 7.11 Å². The summed E-state index contributed by atoms with van der Waals surface area (Å²) < 4.78 is 15.4. The molecule has 1 aliphatic rings. The van der Waals surface area contributed by atoms with Crippen LogP contribution in [0.25, 0.3) is 6.08 Å². The number of allylic oxidation sites excluding steroid dienone is 1. The lowest BCUT2D eigenvalue weighted by molar-refractivity contribution is -0.142. The van der Waals surface area contributed by atoms with Crippen molar-refractivity contribution in [2.24, 2.45) is 0 Å². The lowest BCUT2D eigenvalue weighted by atomic mass is 10.1. The van der Waals surface area contributed by atoms with Crippen molar-refractivity contribution in [1.29, 1.82) is 0 Å². The van der Waals surface area contributed by atoms with E-state index in [4.69, 9.17) is 21.1 Å². The van der Waals surface area contributed by atoms with Crippen molar-refractivity contribution in [3.8, 4) is 11.5 Å². The largest absolute Gasteiger partial charge is 0.482 e. The molecule has 2 aromatic rings. The molecule has 6 heteroatoms. The maximum Gasteiger partial charge on any atom is 0.343 e. The van der Waals surface area contributed by atoms with Gasteiger partial charge in [-0.3, -0.25) is 4.79 Å². The van der Waals surface area contributed by atoms with E-state index in [2.05, 4.69) is 4.74 Å². The summed E-state index contributed by atoms with van der Waals surface area (Å²) in [5.74, 6) is 0.329. The van der Waals surface area contributed by atoms with Gasteiger partial charge in [-0.1, -0.05) is 23.7 Å². The summed E-state index contributed by atoms with van der Waals surface area (Å²) >= 11 is 5.84. The zero-order valence-corrected chi connectivity index (χ0v) is 13.5. The summed E-state index contributed by atoms with van der Waals surface area (Å²) in [6.45, 7) is -0.212. The van der Waals surface area contributed by atoms with Crippen molar-refractivity contribution < 1.29 is 23.8 Å². The normalized spacial score (nSPS) is 14.2. The third kappa shape index (κ3) is 3.41. The van der Waals surface area contributed by atoms with Gasteiger partial charge >= 0.3 is 5.97 Å². The van der Waals surface area contributed by atoms with Gasteiger partial charge in [0.1, 0.15) is 11.5 Å². The molecule has 0 saturated heterocycles. The zero-order valence-electron chi connectivity index (χ0n) is 12.7. The van der Waals surface area contributed by atoms with Crippen LogP contribution in [0.2, 0.25) is 5.02 Å². The number of fused-ring (bicyclic) bond motifs is 1. The SMILES string of the molecule is COC(=O)COc1ccc2c(c1)OC(=Cc1ccc(Cl)cc1)C2=O. The van der Waals surface area contributed by atoms with Gasteiger partial charge in [-0.05, 0) is 35.9 Å². The predicted molar refractivity (Wildman–Crippen MR) is 88.3 cm³/mol. The topological polar surface area (TPSA) is 61.8 Å². The van der Waals surface area contributed by atoms with E-state index < -0.39 is 5.97 Å². The number of carbonyl (C=O) groups excluding carboxylic acids is 2. The smallest absolute Gasteiger partial charge is 0.343 e. The minimum atomic E-state index is -0.490. The maximum atomic E-state index is 12.4. The number of methoxy groups -OCH3 is 1. The monoisotopic (exact) mass is 344 g/mol. The summed E-state index contributed by atoms with van der Waals surface area (Å²) in [7, 11) is 1.28. The van der Waals surface area contributed by atoms with Gasteiger partial charge in [0.05, 0.1) is 12.7 Å².